The van der Waals surface area contributed by atoms with Crippen LogP contribution in [0.15, 0.2) is 60.1 Å². The van der Waals surface area contributed by atoms with E-state index in [1.165, 1.54) is 0 Å². The Morgan fingerprint density at radius 3 is 2.80 bits per heavy atom. The van der Waals surface area contributed by atoms with Crippen LogP contribution in [0, 0.1) is 4.91 Å². The van der Waals surface area contributed by atoms with Crippen molar-refractivity contribution in [3.63, 3.8) is 0 Å². The molecule has 0 aliphatic carbocycles. The lowest BCUT2D eigenvalue weighted by Crippen LogP contribution is -2.19. The molecular formula is C17H14N4O3S. The number of rotatable bonds is 7. The Morgan fingerprint density at radius 2 is 2.08 bits per heavy atom. The van der Waals surface area contributed by atoms with Gasteiger partial charge in [0.15, 0.2) is 6.23 Å². The van der Waals surface area contributed by atoms with Gasteiger partial charge in [-0.3, -0.25) is 9.78 Å². The molecule has 1 atom stereocenters. The Balaban J connectivity index is 1.89. The first-order valence-electron chi connectivity index (χ1n) is 7.40. The zero-order chi connectivity index (χ0) is 17.6. The van der Waals surface area contributed by atoms with E-state index in [2.05, 4.69) is 33.3 Å². The number of fused-ring (bicyclic) bond motifs is 1. The van der Waals surface area contributed by atoms with Crippen LogP contribution >= 0.6 is 12.6 Å². The summed E-state index contributed by atoms with van der Waals surface area (Å²) in [6, 6.07) is 12.6. The highest BCUT2D eigenvalue weighted by atomic mass is 32.1. The number of nitrogens with one attached hydrogen (secondary N) is 1. The number of carbonyl (C=O) groups is 1. The van der Waals surface area contributed by atoms with E-state index in [1.54, 1.807) is 36.7 Å². The molecule has 0 saturated carbocycles. The SMILES string of the molecule is O=NNC(OCc1cc2cnccc2nc1C(=O)S)c1ccccc1. The minimum Gasteiger partial charge on any atom is -0.348 e. The number of carbonyl (C=O) groups excluding carboxylic acids is 1. The van der Waals surface area contributed by atoms with Gasteiger partial charge in [0.05, 0.1) is 17.4 Å². The molecule has 0 radical (unpaired) electrons. The van der Waals surface area contributed by atoms with E-state index in [-0.39, 0.29) is 12.3 Å². The van der Waals surface area contributed by atoms with Crippen molar-refractivity contribution in [2.45, 2.75) is 12.8 Å². The zero-order valence-electron chi connectivity index (χ0n) is 13.0. The fourth-order valence-corrected chi connectivity index (χ4v) is 2.61. The van der Waals surface area contributed by atoms with Gasteiger partial charge in [-0.05, 0) is 12.1 Å². The molecule has 2 aromatic heterocycles. The normalized spacial score (nSPS) is 11.9. The number of pyridine rings is 2. The van der Waals surface area contributed by atoms with E-state index in [0.717, 1.165) is 10.9 Å². The molecular weight excluding hydrogens is 340 g/mol. The Morgan fingerprint density at radius 1 is 1.28 bits per heavy atom. The summed E-state index contributed by atoms with van der Waals surface area (Å²) in [5.41, 5.74) is 4.49. The molecule has 2 heterocycles. The summed E-state index contributed by atoms with van der Waals surface area (Å²) in [6.45, 7) is 0.0432. The van der Waals surface area contributed by atoms with Crippen LogP contribution < -0.4 is 5.43 Å². The number of aromatic nitrogens is 2. The van der Waals surface area contributed by atoms with Crippen LogP contribution in [0.2, 0.25) is 0 Å². The number of ether oxygens (including phenoxy) is 1. The van der Waals surface area contributed by atoms with E-state index in [1.807, 2.05) is 18.2 Å². The molecule has 8 heteroatoms. The largest absolute Gasteiger partial charge is 0.348 e. The summed E-state index contributed by atoms with van der Waals surface area (Å²) in [6.07, 6.45) is 2.51. The molecule has 25 heavy (non-hydrogen) atoms. The van der Waals surface area contributed by atoms with Gasteiger partial charge in [0.2, 0.25) is 5.12 Å². The maximum atomic E-state index is 11.8. The molecule has 3 aromatic rings. The first-order valence-corrected chi connectivity index (χ1v) is 7.85. The van der Waals surface area contributed by atoms with Gasteiger partial charge in [0, 0.05) is 28.9 Å². The van der Waals surface area contributed by atoms with Crippen LogP contribution in [0.3, 0.4) is 0 Å². The lowest BCUT2D eigenvalue weighted by Gasteiger charge is -2.17. The molecule has 1 aromatic carbocycles. The smallest absolute Gasteiger partial charge is 0.235 e. The predicted octanol–water partition coefficient (Wildman–Crippen LogP) is 3.19. The van der Waals surface area contributed by atoms with Crippen molar-refractivity contribution < 1.29 is 9.53 Å². The second-order valence-corrected chi connectivity index (χ2v) is 5.60. The summed E-state index contributed by atoms with van der Waals surface area (Å²) in [4.78, 5) is 30.8. The maximum Gasteiger partial charge on any atom is 0.235 e. The van der Waals surface area contributed by atoms with E-state index in [9.17, 15) is 9.70 Å². The average Bonchev–Trinajstić information content (AvgIpc) is 2.65. The third kappa shape index (κ3) is 3.98. The monoisotopic (exact) mass is 354 g/mol. The van der Waals surface area contributed by atoms with Crippen LogP contribution in [0.1, 0.15) is 27.8 Å². The molecule has 0 aliphatic rings. The van der Waals surface area contributed by atoms with Gasteiger partial charge in [-0.2, -0.15) is 0 Å². The molecule has 0 saturated heterocycles. The van der Waals surface area contributed by atoms with Gasteiger partial charge in [-0.25, -0.2) is 10.4 Å². The van der Waals surface area contributed by atoms with Gasteiger partial charge >= 0.3 is 0 Å². The van der Waals surface area contributed by atoms with E-state index < -0.39 is 11.3 Å². The van der Waals surface area contributed by atoms with Crippen molar-refractivity contribution >= 4 is 28.6 Å². The highest BCUT2D eigenvalue weighted by molar-refractivity contribution is 7.97. The Hall–Kier alpha value is -2.84. The lowest BCUT2D eigenvalue weighted by atomic mass is 10.1. The zero-order valence-corrected chi connectivity index (χ0v) is 13.9. The standard InChI is InChI=1S/C17H14N4O3S/c22-17(25)15-13(8-12-9-18-7-6-14(12)19-15)10-24-16(20-21-23)11-4-2-1-3-5-11/h1-9,16H,10H2,(H,20,23)(H,22,25). The Labute approximate surface area is 148 Å². The minimum atomic E-state index is -0.744. The molecule has 126 valence electrons. The fourth-order valence-electron chi connectivity index (χ4n) is 2.41. The average molecular weight is 354 g/mol. The quantitative estimate of drug-likeness (QED) is 0.293. The van der Waals surface area contributed by atoms with Gasteiger partial charge in [0.25, 0.3) is 0 Å². The molecule has 0 aliphatic heterocycles. The van der Waals surface area contributed by atoms with Crippen molar-refractivity contribution in [1.29, 1.82) is 0 Å². The van der Waals surface area contributed by atoms with Crippen molar-refractivity contribution in [2.24, 2.45) is 5.29 Å². The molecule has 1 N–H and O–H groups in total. The number of hydrogen-bond acceptors (Lipinski definition) is 6. The molecule has 1 unspecified atom stereocenters. The lowest BCUT2D eigenvalue weighted by molar-refractivity contribution is 0.0161. The maximum absolute atomic E-state index is 11.8. The minimum absolute atomic E-state index is 0.0432. The van der Waals surface area contributed by atoms with Crippen molar-refractivity contribution in [2.75, 3.05) is 0 Å². The number of nitrogens with zero attached hydrogens (tertiary/aromatic N) is 3. The van der Waals surface area contributed by atoms with E-state index in [0.29, 0.717) is 11.1 Å². The third-order valence-corrected chi connectivity index (χ3v) is 3.79. The summed E-state index contributed by atoms with van der Waals surface area (Å²) in [5, 5.41) is 3.01. The first-order chi connectivity index (χ1) is 12.2. The van der Waals surface area contributed by atoms with Crippen LogP contribution in [0.25, 0.3) is 10.9 Å². The highest BCUT2D eigenvalue weighted by Gasteiger charge is 2.16. The summed E-state index contributed by atoms with van der Waals surface area (Å²) in [7, 11) is 0. The van der Waals surface area contributed by atoms with Crippen molar-refractivity contribution in [1.82, 2.24) is 15.4 Å². The first kappa shape index (κ1) is 17.0. The second-order valence-electron chi connectivity index (χ2n) is 5.19. The van der Waals surface area contributed by atoms with E-state index in [4.69, 9.17) is 4.74 Å². The van der Waals surface area contributed by atoms with Crippen molar-refractivity contribution in [3.8, 4) is 0 Å². The van der Waals surface area contributed by atoms with Crippen LogP contribution in [-0.2, 0) is 11.3 Å². The highest BCUT2D eigenvalue weighted by Crippen LogP contribution is 2.21. The Kier molecular flexibility index (Phi) is 5.32. The molecule has 0 fully saturated rings. The summed E-state index contributed by atoms with van der Waals surface area (Å²) in [5.74, 6) is 0. The second kappa shape index (κ2) is 7.82. The third-order valence-electron chi connectivity index (χ3n) is 3.57. The van der Waals surface area contributed by atoms with Gasteiger partial charge < -0.3 is 4.74 Å². The summed E-state index contributed by atoms with van der Waals surface area (Å²) < 4.78 is 5.74. The van der Waals surface area contributed by atoms with Crippen LogP contribution in [0.4, 0.5) is 0 Å². The van der Waals surface area contributed by atoms with Crippen molar-refractivity contribution in [3.05, 3.63) is 76.6 Å². The Bertz CT molecular complexity index is 905. The van der Waals surface area contributed by atoms with E-state index >= 15 is 0 Å². The fraction of sp³-hybridized carbons (Fsp3) is 0.118. The number of hydrogen-bond donors (Lipinski definition) is 2. The molecule has 3 rings (SSSR count). The number of nitroso groups, excluding NO2 is 1. The van der Waals surface area contributed by atoms with Crippen LogP contribution in [-0.4, -0.2) is 15.1 Å². The van der Waals surface area contributed by atoms with Gasteiger partial charge in [0.1, 0.15) is 5.69 Å². The van der Waals surface area contributed by atoms with Gasteiger partial charge in [-0.15, -0.1) is 4.91 Å². The molecule has 0 spiro atoms. The van der Waals surface area contributed by atoms with Gasteiger partial charge in [-0.1, -0.05) is 43.0 Å². The summed E-state index contributed by atoms with van der Waals surface area (Å²) >= 11 is 3.88. The molecule has 7 nitrogen and oxygen atoms in total. The van der Waals surface area contributed by atoms with Crippen LogP contribution in [0.5, 0.6) is 0 Å². The topological polar surface area (TPSA) is 93.5 Å². The molecule has 0 amide bonds. The number of thiol groups is 1. The molecule has 0 bridgehead atoms. The predicted molar refractivity (Wildman–Crippen MR) is 95.8 cm³/mol. The number of benzene rings is 1.